The van der Waals surface area contributed by atoms with E-state index < -0.39 is 17.6 Å². The lowest BCUT2D eigenvalue weighted by atomic mass is 10.1. The highest BCUT2D eigenvalue weighted by Gasteiger charge is 2.34. The Labute approximate surface area is 134 Å². The van der Waals surface area contributed by atoms with Gasteiger partial charge in [-0.25, -0.2) is 9.40 Å². The van der Waals surface area contributed by atoms with Crippen molar-refractivity contribution in [2.24, 2.45) is 0 Å². The molecule has 110 valence electrons. The zero-order valence-corrected chi connectivity index (χ0v) is 12.8. The summed E-state index contributed by atoms with van der Waals surface area (Å²) in [5, 5.41) is 1.10. The Morgan fingerprint density at radius 3 is 2.50 bits per heavy atom. The molecule has 0 saturated carbocycles. The maximum Gasteiger partial charge on any atom is 0.282 e. The van der Waals surface area contributed by atoms with Gasteiger partial charge >= 0.3 is 0 Å². The highest BCUT2D eigenvalue weighted by atomic mass is 79.9. The monoisotopic (exact) mass is 360 g/mol. The van der Waals surface area contributed by atoms with Crippen molar-refractivity contribution < 1.29 is 14.0 Å². The molecule has 2 aromatic carbocycles. The minimum atomic E-state index is -0.491. The van der Waals surface area contributed by atoms with E-state index in [9.17, 15) is 14.0 Å². The molecule has 0 aliphatic carbocycles. The van der Waals surface area contributed by atoms with Gasteiger partial charge in [0.05, 0.1) is 5.69 Å². The molecular weight excluding hydrogens is 351 g/mol. The van der Waals surface area contributed by atoms with E-state index in [0.717, 1.165) is 15.0 Å². The molecule has 2 amide bonds. The molecule has 1 heterocycles. The third kappa shape index (κ3) is 2.78. The Kier molecular flexibility index (Phi) is 3.77. The highest BCUT2D eigenvalue weighted by molar-refractivity contribution is 9.10. The van der Waals surface area contributed by atoms with Crippen molar-refractivity contribution in [3.63, 3.8) is 0 Å². The van der Waals surface area contributed by atoms with Crippen molar-refractivity contribution in [3.8, 4) is 0 Å². The van der Waals surface area contributed by atoms with Crippen LogP contribution in [0.2, 0.25) is 0 Å². The van der Waals surface area contributed by atoms with E-state index in [1.54, 1.807) is 12.1 Å². The fourth-order valence-electron chi connectivity index (χ4n) is 2.09. The van der Waals surface area contributed by atoms with Crippen LogP contribution in [0.4, 0.5) is 10.1 Å². The third-order valence-electron chi connectivity index (χ3n) is 3.14. The number of nitrogens with zero attached hydrogens (tertiary/aromatic N) is 1. The lowest BCUT2D eigenvalue weighted by Crippen LogP contribution is -2.35. The predicted octanol–water partition coefficient (Wildman–Crippen LogP) is 3.05. The van der Waals surface area contributed by atoms with E-state index in [1.165, 1.54) is 30.3 Å². The number of hydrogen-bond donors (Lipinski definition) is 1. The zero-order valence-electron chi connectivity index (χ0n) is 11.2. The molecule has 0 atom stereocenters. The molecular formula is C16H10BrFN2O2. The zero-order chi connectivity index (χ0) is 15.7. The molecule has 2 aromatic rings. The minimum absolute atomic E-state index is 0.0300. The topological polar surface area (TPSA) is 49.4 Å². The van der Waals surface area contributed by atoms with Gasteiger partial charge in [0.25, 0.3) is 11.8 Å². The summed E-state index contributed by atoms with van der Waals surface area (Å²) in [6.07, 6.45) is 1.52. The SMILES string of the molecule is O=C1NN(c2ccc(F)cc2)C(=O)/C1=C/c1cccc(Br)c1. The number of carbonyl (C=O) groups is 2. The summed E-state index contributed by atoms with van der Waals surface area (Å²) in [6.45, 7) is 0. The molecule has 1 fully saturated rings. The van der Waals surface area contributed by atoms with Crippen LogP contribution in [0.5, 0.6) is 0 Å². The first-order valence-corrected chi connectivity index (χ1v) is 7.22. The summed E-state index contributed by atoms with van der Waals surface area (Å²) in [6, 6.07) is 12.6. The van der Waals surface area contributed by atoms with Gasteiger partial charge in [0.15, 0.2) is 0 Å². The highest BCUT2D eigenvalue weighted by Crippen LogP contribution is 2.22. The number of benzene rings is 2. The Morgan fingerprint density at radius 1 is 1.09 bits per heavy atom. The van der Waals surface area contributed by atoms with Crippen LogP contribution in [-0.2, 0) is 9.59 Å². The van der Waals surface area contributed by atoms with Crippen molar-refractivity contribution in [2.45, 2.75) is 0 Å². The smallest absolute Gasteiger partial charge is 0.267 e. The van der Waals surface area contributed by atoms with Gasteiger partial charge in [-0.05, 0) is 48.0 Å². The molecule has 0 aromatic heterocycles. The maximum atomic E-state index is 12.9. The van der Waals surface area contributed by atoms with Crippen molar-refractivity contribution in [1.82, 2.24) is 5.43 Å². The first kappa shape index (κ1) is 14.5. The van der Waals surface area contributed by atoms with Gasteiger partial charge in [-0.3, -0.25) is 15.0 Å². The second kappa shape index (κ2) is 5.73. The summed E-state index contributed by atoms with van der Waals surface area (Å²) in [7, 11) is 0. The third-order valence-corrected chi connectivity index (χ3v) is 3.63. The minimum Gasteiger partial charge on any atom is -0.267 e. The van der Waals surface area contributed by atoms with E-state index in [0.29, 0.717) is 5.69 Å². The number of rotatable bonds is 2. The number of amides is 2. The number of hydrogen-bond acceptors (Lipinski definition) is 2. The van der Waals surface area contributed by atoms with Crippen LogP contribution in [0.3, 0.4) is 0 Å². The second-order valence-corrected chi connectivity index (χ2v) is 5.59. The van der Waals surface area contributed by atoms with Crippen LogP contribution >= 0.6 is 15.9 Å². The van der Waals surface area contributed by atoms with Gasteiger partial charge in [0.1, 0.15) is 11.4 Å². The van der Waals surface area contributed by atoms with Gasteiger partial charge in [-0.15, -0.1) is 0 Å². The molecule has 0 spiro atoms. The fourth-order valence-corrected chi connectivity index (χ4v) is 2.51. The molecule has 3 rings (SSSR count). The molecule has 1 N–H and O–H groups in total. The van der Waals surface area contributed by atoms with Crippen molar-refractivity contribution >= 4 is 39.5 Å². The molecule has 1 saturated heterocycles. The number of halogens is 2. The van der Waals surface area contributed by atoms with Crippen LogP contribution in [0, 0.1) is 5.82 Å². The number of anilines is 1. The lowest BCUT2D eigenvalue weighted by molar-refractivity contribution is -0.117. The van der Waals surface area contributed by atoms with Crippen LogP contribution in [0.1, 0.15) is 5.56 Å². The molecule has 6 heteroatoms. The summed E-state index contributed by atoms with van der Waals surface area (Å²) in [5.41, 5.74) is 3.63. The van der Waals surface area contributed by atoms with E-state index >= 15 is 0 Å². The van der Waals surface area contributed by atoms with E-state index in [1.807, 2.05) is 12.1 Å². The Bertz CT molecular complexity index is 787. The van der Waals surface area contributed by atoms with Gasteiger partial charge < -0.3 is 0 Å². The average molecular weight is 361 g/mol. The van der Waals surface area contributed by atoms with Crippen LogP contribution < -0.4 is 10.4 Å². The van der Waals surface area contributed by atoms with Gasteiger partial charge in [-0.2, -0.15) is 0 Å². The average Bonchev–Trinajstić information content (AvgIpc) is 2.76. The molecule has 1 aliphatic rings. The predicted molar refractivity (Wildman–Crippen MR) is 84.1 cm³/mol. The standard InChI is InChI=1S/C16H10BrFN2O2/c17-11-3-1-2-10(8-11)9-14-15(21)19-20(16(14)22)13-6-4-12(18)5-7-13/h1-9H,(H,19,21)/b14-9+. The van der Waals surface area contributed by atoms with Crippen molar-refractivity contribution in [2.75, 3.05) is 5.01 Å². The molecule has 0 radical (unpaired) electrons. The van der Waals surface area contributed by atoms with E-state index in [4.69, 9.17) is 0 Å². The lowest BCUT2D eigenvalue weighted by Gasteiger charge is -2.14. The van der Waals surface area contributed by atoms with Gasteiger partial charge in [-0.1, -0.05) is 28.1 Å². The summed E-state index contributed by atoms with van der Waals surface area (Å²) in [5.74, 6) is -1.38. The number of nitrogens with one attached hydrogen (secondary N) is 1. The largest absolute Gasteiger partial charge is 0.282 e. The quantitative estimate of drug-likeness (QED) is 0.660. The van der Waals surface area contributed by atoms with Gasteiger partial charge in [0.2, 0.25) is 0 Å². The first-order valence-electron chi connectivity index (χ1n) is 6.43. The maximum absolute atomic E-state index is 12.9. The van der Waals surface area contributed by atoms with Crippen LogP contribution in [-0.4, -0.2) is 11.8 Å². The first-order chi connectivity index (χ1) is 10.5. The summed E-state index contributed by atoms with van der Waals surface area (Å²) < 4.78 is 13.8. The van der Waals surface area contributed by atoms with E-state index in [-0.39, 0.29) is 5.57 Å². The normalized spacial score (nSPS) is 16.3. The van der Waals surface area contributed by atoms with Crippen molar-refractivity contribution in [3.05, 3.63) is 70.0 Å². The molecule has 4 nitrogen and oxygen atoms in total. The molecule has 0 bridgehead atoms. The number of carbonyl (C=O) groups excluding carboxylic acids is 2. The number of hydrazine groups is 1. The Morgan fingerprint density at radius 2 is 1.82 bits per heavy atom. The fraction of sp³-hybridized carbons (Fsp3) is 0. The van der Waals surface area contributed by atoms with Crippen LogP contribution in [0.25, 0.3) is 6.08 Å². The molecule has 0 unspecified atom stereocenters. The summed E-state index contributed by atoms with van der Waals surface area (Å²) in [4.78, 5) is 24.4. The Balaban J connectivity index is 1.93. The Hall–Kier alpha value is -2.47. The molecule has 22 heavy (non-hydrogen) atoms. The molecule has 1 aliphatic heterocycles. The van der Waals surface area contributed by atoms with E-state index in [2.05, 4.69) is 21.4 Å². The second-order valence-electron chi connectivity index (χ2n) is 4.67. The van der Waals surface area contributed by atoms with Gasteiger partial charge in [0, 0.05) is 4.47 Å². The van der Waals surface area contributed by atoms with Crippen LogP contribution in [0.15, 0.2) is 58.6 Å². The van der Waals surface area contributed by atoms with Crippen molar-refractivity contribution in [1.29, 1.82) is 0 Å². The summed E-state index contributed by atoms with van der Waals surface area (Å²) >= 11 is 3.34.